The minimum atomic E-state index is -4.89. The van der Waals surface area contributed by atoms with Crippen LogP contribution in [0.3, 0.4) is 0 Å². The molecule has 2 atom stereocenters. The van der Waals surface area contributed by atoms with Crippen LogP contribution in [0, 0.1) is 18.3 Å². The maximum absolute atomic E-state index is 12.4. The van der Waals surface area contributed by atoms with Gasteiger partial charge in [-0.15, -0.1) is 19.6 Å². The van der Waals surface area contributed by atoms with Crippen LogP contribution in [0.5, 0.6) is 5.75 Å². The smallest absolute Gasteiger partial charge is 0.404 e. The molecular weight excluding hydrogens is 373 g/mol. The lowest BCUT2D eigenvalue weighted by Gasteiger charge is -2.31. The Labute approximate surface area is 153 Å². The first-order valence-corrected chi connectivity index (χ1v) is 8.13. The highest BCUT2D eigenvalue weighted by atomic mass is 35.5. The molecule has 1 aliphatic rings. The number of nitrogens with two attached hydrogens (primary N) is 1. The highest BCUT2D eigenvalue weighted by molar-refractivity contribution is 6.32. The molecule has 0 radical (unpaired) electrons. The highest BCUT2D eigenvalue weighted by Crippen LogP contribution is 2.38. The van der Waals surface area contributed by atoms with Crippen LogP contribution in [0.4, 0.5) is 18.9 Å². The molecule has 0 saturated heterocycles. The third kappa shape index (κ3) is 4.82. The predicted octanol–water partition coefficient (Wildman–Crippen LogP) is 3.25. The summed E-state index contributed by atoms with van der Waals surface area (Å²) in [6.45, 7) is 0. The van der Waals surface area contributed by atoms with Crippen LogP contribution in [0.15, 0.2) is 18.2 Å². The standard InChI is InChI=1S/C17H16ClF3N2O3/c1-2-16(25)23(13-5-3-4-10(13)8-15(22)24)11-6-7-14(12(18)9-11)26-17(19,20)21/h1,6-7,9-10,13H,3-5,8H2,(H2,22,24). The van der Waals surface area contributed by atoms with Gasteiger partial charge in [-0.05, 0) is 42.9 Å². The summed E-state index contributed by atoms with van der Waals surface area (Å²) in [4.78, 5) is 24.8. The zero-order valence-electron chi connectivity index (χ0n) is 13.6. The molecule has 0 heterocycles. The molecular formula is C17H16ClF3N2O3. The van der Waals surface area contributed by atoms with Crippen molar-refractivity contribution >= 4 is 29.1 Å². The summed E-state index contributed by atoms with van der Waals surface area (Å²) in [5.41, 5.74) is 5.49. The average Bonchev–Trinajstić information content (AvgIpc) is 2.96. The van der Waals surface area contributed by atoms with Crippen molar-refractivity contribution in [3.63, 3.8) is 0 Å². The maximum atomic E-state index is 12.4. The van der Waals surface area contributed by atoms with E-state index in [0.717, 1.165) is 12.5 Å². The first-order chi connectivity index (χ1) is 12.1. The highest BCUT2D eigenvalue weighted by Gasteiger charge is 2.37. The fourth-order valence-corrected chi connectivity index (χ4v) is 3.44. The van der Waals surface area contributed by atoms with Crippen molar-refractivity contribution < 1.29 is 27.5 Å². The Kier molecular flexibility index (Phi) is 6.03. The Morgan fingerprint density at radius 3 is 2.62 bits per heavy atom. The molecule has 1 aliphatic carbocycles. The van der Waals surface area contributed by atoms with Crippen molar-refractivity contribution in [2.45, 2.75) is 38.1 Å². The molecule has 140 valence electrons. The summed E-state index contributed by atoms with van der Waals surface area (Å²) < 4.78 is 40.9. The van der Waals surface area contributed by atoms with Crippen LogP contribution in [-0.2, 0) is 9.59 Å². The Balaban J connectivity index is 2.36. The van der Waals surface area contributed by atoms with E-state index in [1.54, 1.807) is 0 Å². The fourth-order valence-electron chi connectivity index (χ4n) is 3.23. The number of hydrogen-bond acceptors (Lipinski definition) is 3. The largest absolute Gasteiger partial charge is 0.573 e. The second-order valence-corrected chi connectivity index (χ2v) is 6.32. The molecule has 26 heavy (non-hydrogen) atoms. The molecule has 0 aromatic heterocycles. The van der Waals surface area contributed by atoms with E-state index in [4.69, 9.17) is 23.8 Å². The number of nitrogens with zero attached hydrogens (tertiary/aromatic N) is 1. The summed E-state index contributed by atoms with van der Waals surface area (Å²) in [6.07, 6.45) is 2.47. The first-order valence-electron chi connectivity index (χ1n) is 7.75. The topological polar surface area (TPSA) is 72.6 Å². The van der Waals surface area contributed by atoms with E-state index in [1.165, 1.54) is 17.0 Å². The molecule has 1 saturated carbocycles. The van der Waals surface area contributed by atoms with E-state index in [0.29, 0.717) is 12.8 Å². The van der Waals surface area contributed by atoms with Gasteiger partial charge in [-0.1, -0.05) is 18.0 Å². The van der Waals surface area contributed by atoms with Crippen LogP contribution < -0.4 is 15.4 Å². The summed E-state index contributed by atoms with van der Waals surface area (Å²) in [5, 5.41) is -0.320. The number of alkyl halides is 3. The number of hydrogen-bond donors (Lipinski definition) is 1. The minimum absolute atomic E-state index is 0.0853. The normalized spacial score (nSPS) is 19.7. The van der Waals surface area contributed by atoms with E-state index in [9.17, 15) is 22.8 Å². The number of anilines is 1. The number of rotatable bonds is 5. The van der Waals surface area contributed by atoms with Crippen molar-refractivity contribution in [1.29, 1.82) is 0 Å². The van der Waals surface area contributed by atoms with Crippen molar-refractivity contribution in [2.75, 3.05) is 4.90 Å². The van der Waals surface area contributed by atoms with E-state index >= 15 is 0 Å². The van der Waals surface area contributed by atoms with Gasteiger partial charge in [0.1, 0.15) is 5.75 Å². The molecule has 0 spiro atoms. The SMILES string of the molecule is C#CC(=O)N(c1ccc(OC(F)(F)F)c(Cl)c1)C1CCCC1CC(N)=O. The molecule has 1 fully saturated rings. The van der Waals surface area contributed by atoms with Gasteiger partial charge >= 0.3 is 12.3 Å². The molecule has 2 unspecified atom stereocenters. The molecule has 0 bridgehead atoms. The summed E-state index contributed by atoms with van der Waals surface area (Å²) in [5.74, 6) is 0.0584. The molecule has 9 heteroatoms. The Bertz CT molecular complexity index is 746. The molecule has 0 aliphatic heterocycles. The number of terminal acetylenes is 1. The summed E-state index contributed by atoms with van der Waals surface area (Å²) in [6, 6.07) is 3.07. The third-order valence-corrected chi connectivity index (χ3v) is 4.47. The van der Waals surface area contributed by atoms with Crippen LogP contribution in [-0.4, -0.2) is 24.2 Å². The number of carbonyl (C=O) groups is 2. The number of primary amides is 1. The van der Waals surface area contributed by atoms with Gasteiger partial charge < -0.3 is 10.5 Å². The Morgan fingerprint density at radius 1 is 1.38 bits per heavy atom. The van der Waals surface area contributed by atoms with Gasteiger partial charge in [-0.2, -0.15) is 0 Å². The zero-order chi connectivity index (χ0) is 19.5. The minimum Gasteiger partial charge on any atom is -0.404 e. The van der Waals surface area contributed by atoms with Crippen molar-refractivity contribution in [2.24, 2.45) is 11.7 Å². The van der Waals surface area contributed by atoms with Gasteiger partial charge in [0.2, 0.25) is 5.91 Å². The summed E-state index contributed by atoms with van der Waals surface area (Å²) >= 11 is 5.87. The quantitative estimate of drug-likeness (QED) is 0.787. The number of benzene rings is 1. The first kappa shape index (κ1) is 19.9. The van der Waals surface area contributed by atoms with Crippen molar-refractivity contribution in [3.8, 4) is 18.1 Å². The van der Waals surface area contributed by atoms with Gasteiger partial charge in [0.25, 0.3) is 0 Å². The second kappa shape index (κ2) is 7.87. The predicted molar refractivity (Wildman–Crippen MR) is 89.4 cm³/mol. The number of ether oxygens (including phenoxy) is 1. The molecule has 5 nitrogen and oxygen atoms in total. The van der Waals surface area contributed by atoms with Crippen LogP contribution in [0.1, 0.15) is 25.7 Å². The van der Waals surface area contributed by atoms with Crippen molar-refractivity contribution in [1.82, 2.24) is 0 Å². The maximum Gasteiger partial charge on any atom is 0.573 e. The molecule has 2 N–H and O–H groups in total. The van der Waals surface area contributed by atoms with Gasteiger partial charge in [0.15, 0.2) is 0 Å². The van der Waals surface area contributed by atoms with Crippen molar-refractivity contribution in [3.05, 3.63) is 23.2 Å². The molecule has 2 amide bonds. The lowest BCUT2D eigenvalue weighted by Crippen LogP contribution is -2.43. The summed E-state index contributed by atoms with van der Waals surface area (Å²) in [7, 11) is 0. The second-order valence-electron chi connectivity index (χ2n) is 5.91. The zero-order valence-corrected chi connectivity index (χ0v) is 14.3. The Hall–Kier alpha value is -2.40. The molecule has 1 aromatic carbocycles. The van der Waals surface area contributed by atoms with E-state index in [2.05, 4.69) is 4.74 Å². The third-order valence-electron chi connectivity index (χ3n) is 4.18. The fraction of sp³-hybridized carbons (Fsp3) is 0.412. The lowest BCUT2D eigenvalue weighted by atomic mass is 9.97. The number of amides is 2. The van der Waals surface area contributed by atoms with Gasteiger partial charge in [-0.3, -0.25) is 14.5 Å². The number of carbonyl (C=O) groups excluding carboxylic acids is 2. The lowest BCUT2D eigenvalue weighted by molar-refractivity contribution is -0.274. The van der Waals surface area contributed by atoms with Crippen LogP contribution in [0.25, 0.3) is 0 Å². The van der Waals surface area contributed by atoms with Gasteiger partial charge in [-0.25, -0.2) is 0 Å². The monoisotopic (exact) mass is 388 g/mol. The molecule has 1 aromatic rings. The van der Waals surface area contributed by atoms with Crippen LogP contribution >= 0.6 is 11.6 Å². The van der Waals surface area contributed by atoms with Gasteiger partial charge in [0, 0.05) is 18.2 Å². The van der Waals surface area contributed by atoms with E-state index in [1.807, 2.05) is 5.92 Å². The average molecular weight is 389 g/mol. The van der Waals surface area contributed by atoms with Gasteiger partial charge in [0.05, 0.1) is 5.02 Å². The Morgan fingerprint density at radius 2 is 2.08 bits per heavy atom. The van der Waals surface area contributed by atoms with E-state index in [-0.39, 0.29) is 23.0 Å². The molecule has 2 rings (SSSR count). The van der Waals surface area contributed by atoms with E-state index < -0.39 is 30.0 Å². The van der Waals surface area contributed by atoms with Crippen LogP contribution in [0.2, 0.25) is 5.02 Å². The number of halogens is 4.